The van der Waals surface area contributed by atoms with Gasteiger partial charge in [-0.25, -0.2) is 0 Å². The predicted molar refractivity (Wildman–Crippen MR) is 78.9 cm³/mol. The zero-order valence-electron chi connectivity index (χ0n) is 12.5. The average Bonchev–Trinajstić information content (AvgIpc) is 2.76. The average molecular weight is 252 g/mol. The van der Waals surface area contributed by atoms with Crippen LogP contribution in [0.15, 0.2) is 0 Å². The van der Waals surface area contributed by atoms with Crippen LogP contribution >= 0.6 is 0 Å². The minimum Gasteiger partial charge on any atom is -0.316 e. The van der Waals surface area contributed by atoms with Gasteiger partial charge in [-0.2, -0.15) is 0 Å². The molecule has 0 aromatic rings. The fraction of sp³-hybridized carbons (Fsp3) is 1.00. The summed E-state index contributed by atoms with van der Waals surface area (Å²) in [6.07, 6.45) is 11.4. The molecule has 106 valence electrons. The standard InChI is InChI=1S/C16H32N2/c1-3-11-17-13-16(9-5-4-6-10-16)14-18-12-7-8-15(18)2/h15,17H,3-14H2,1-2H3. The van der Waals surface area contributed by atoms with Crippen molar-refractivity contribution in [1.29, 1.82) is 0 Å². The molecular weight excluding hydrogens is 220 g/mol. The molecule has 1 N–H and O–H groups in total. The van der Waals surface area contributed by atoms with Gasteiger partial charge in [0.25, 0.3) is 0 Å². The smallest absolute Gasteiger partial charge is 0.00676 e. The Morgan fingerprint density at radius 1 is 1.17 bits per heavy atom. The first kappa shape index (κ1) is 14.3. The Morgan fingerprint density at radius 3 is 2.56 bits per heavy atom. The molecule has 0 aromatic carbocycles. The van der Waals surface area contributed by atoms with Crippen LogP contribution in [-0.4, -0.2) is 37.1 Å². The van der Waals surface area contributed by atoms with Crippen LogP contribution in [0.5, 0.6) is 0 Å². The lowest BCUT2D eigenvalue weighted by Gasteiger charge is -2.41. The number of nitrogens with zero attached hydrogens (tertiary/aromatic N) is 1. The Bertz CT molecular complexity index is 233. The van der Waals surface area contributed by atoms with Gasteiger partial charge in [0, 0.05) is 19.1 Å². The van der Waals surface area contributed by atoms with E-state index >= 15 is 0 Å². The van der Waals surface area contributed by atoms with Gasteiger partial charge in [-0.05, 0) is 57.5 Å². The summed E-state index contributed by atoms with van der Waals surface area (Å²) < 4.78 is 0. The molecule has 1 saturated heterocycles. The van der Waals surface area contributed by atoms with E-state index in [1.165, 1.54) is 77.5 Å². The highest BCUT2D eigenvalue weighted by Crippen LogP contribution is 2.38. The van der Waals surface area contributed by atoms with E-state index in [1.807, 2.05) is 0 Å². The van der Waals surface area contributed by atoms with E-state index in [9.17, 15) is 0 Å². The van der Waals surface area contributed by atoms with Crippen LogP contribution in [-0.2, 0) is 0 Å². The fourth-order valence-electron chi connectivity index (χ4n) is 3.88. The first-order chi connectivity index (χ1) is 8.76. The number of likely N-dealkylation sites (tertiary alicyclic amines) is 1. The third-order valence-corrected chi connectivity index (χ3v) is 5.07. The van der Waals surface area contributed by atoms with Crippen LogP contribution in [0.25, 0.3) is 0 Å². The van der Waals surface area contributed by atoms with E-state index in [0.29, 0.717) is 5.41 Å². The second-order valence-corrected chi connectivity index (χ2v) is 6.70. The van der Waals surface area contributed by atoms with E-state index < -0.39 is 0 Å². The van der Waals surface area contributed by atoms with Crippen molar-refractivity contribution in [2.45, 2.75) is 71.3 Å². The van der Waals surface area contributed by atoms with Crippen molar-refractivity contribution in [1.82, 2.24) is 10.2 Å². The fourth-order valence-corrected chi connectivity index (χ4v) is 3.88. The monoisotopic (exact) mass is 252 g/mol. The number of nitrogens with one attached hydrogen (secondary N) is 1. The van der Waals surface area contributed by atoms with Crippen molar-refractivity contribution in [3.63, 3.8) is 0 Å². The highest BCUT2D eigenvalue weighted by molar-refractivity contribution is 4.90. The predicted octanol–water partition coefficient (Wildman–Crippen LogP) is 3.42. The number of hydrogen-bond donors (Lipinski definition) is 1. The molecule has 0 bridgehead atoms. The Hall–Kier alpha value is -0.0800. The van der Waals surface area contributed by atoms with E-state index in [-0.39, 0.29) is 0 Å². The molecule has 2 fully saturated rings. The van der Waals surface area contributed by atoms with Crippen LogP contribution in [0.4, 0.5) is 0 Å². The maximum atomic E-state index is 3.71. The van der Waals surface area contributed by atoms with Gasteiger partial charge in [-0.1, -0.05) is 26.2 Å². The first-order valence-electron chi connectivity index (χ1n) is 8.20. The zero-order chi connectivity index (χ0) is 12.8. The molecule has 1 aliphatic heterocycles. The highest BCUT2D eigenvalue weighted by atomic mass is 15.2. The highest BCUT2D eigenvalue weighted by Gasteiger charge is 2.35. The molecule has 1 atom stereocenters. The van der Waals surface area contributed by atoms with Gasteiger partial charge in [0.15, 0.2) is 0 Å². The van der Waals surface area contributed by atoms with Crippen LogP contribution in [0, 0.1) is 5.41 Å². The largest absolute Gasteiger partial charge is 0.316 e. The second kappa shape index (κ2) is 6.91. The molecule has 2 rings (SSSR count). The van der Waals surface area contributed by atoms with E-state index in [4.69, 9.17) is 0 Å². The minimum absolute atomic E-state index is 0.589. The van der Waals surface area contributed by atoms with Crippen molar-refractivity contribution in [2.24, 2.45) is 5.41 Å². The van der Waals surface area contributed by atoms with Crippen LogP contribution in [0.3, 0.4) is 0 Å². The van der Waals surface area contributed by atoms with Gasteiger partial charge < -0.3 is 10.2 Å². The molecule has 0 amide bonds. The van der Waals surface area contributed by atoms with Gasteiger partial charge in [-0.15, -0.1) is 0 Å². The Kier molecular flexibility index (Phi) is 5.50. The van der Waals surface area contributed by atoms with Crippen molar-refractivity contribution < 1.29 is 0 Å². The van der Waals surface area contributed by atoms with Crippen molar-refractivity contribution in [2.75, 3.05) is 26.2 Å². The number of hydrogen-bond acceptors (Lipinski definition) is 2. The zero-order valence-corrected chi connectivity index (χ0v) is 12.5. The lowest BCUT2D eigenvalue weighted by molar-refractivity contribution is 0.0987. The Morgan fingerprint density at radius 2 is 1.94 bits per heavy atom. The molecule has 1 heterocycles. The molecule has 0 spiro atoms. The van der Waals surface area contributed by atoms with Gasteiger partial charge >= 0.3 is 0 Å². The summed E-state index contributed by atoms with van der Waals surface area (Å²) in [6, 6.07) is 0.829. The molecule has 1 aliphatic carbocycles. The van der Waals surface area contributed by atoms with Crippen molar-refractivity contribution in [3.05, 3.63) is 0 Å². The molecule has 0 aromatic heterocycles. The summed E-state index contributed by atoms with van der Waals surface area (Å²) in [5.41, 5.74) is 0.589. The Labute approximate surface area is 114 Å². The molecule has 1 unspecified atom stereocenters. The summed E-state index contributed by atoms with van der Waals surface area (Å²) in [4.78, 5) is 2.76. The van der Waals surface area contributed by atoms with Gasteiger partial charge in [0.1, 0.15) is 0 Å². The lowest BCUT2D eigenvalue weighted by Crippen LogP contribution is -2.46. The van der Waals surface area contributed by atoms with Crippen molar-refractivity contribution >= 4 is 0 Å². The maximum Gasteiger partial charge on any atom is 0.00676 e. The summed E-state index contributed by atoms with van der Waals surface area (Å²) in [5, 5.41) is 3.71. The molecular formula is C16H32N2. The Balaban J connectivity index is 1.90. The van der Waals surface area contributed by atoms with Crippen LogP contribution < -0.4 is 5.32 Å². The van der Waals surface area contributed by atoms with Crippen LogP contribution in [0.1, 0.15) is 65.2 Å². The van der Waals surface area contributed by atoms with Crippen LogP contribution in [0.2, 0.25) is 0 Å². The molecule has 2 nitrogen and oxygen atoms in total. The third kappa shape index (κ3) is 3.71. The summed E-state index contributed by atoms with van der Waals surface area (Å²) in [7, 11) is 0. The van der Waals surface area contributed by atoms with E-state index in [0.717, 1.165) is 6.04 Å². The maximum absolute atomic E-state index is 3.71. The van der Waals surface area contributed by atoms with E-state index in [1.54, 1.807) is 0 Å². The molecule has 2 aliphatic rings. The third-order valence-electron chi connectivity index (χ3n) is 5.07. The van der Waals surface area contributed by atoms with Crippen molar-refractivity contribution in [3.8, 4) is 0 Å². The summed E-state index contributed by atoms with van der Waals surface area (Å²) >= 11 is 0. The quantitative estimate of drug-likeness (QED) is 0.729. The lowest BCUT2D eigenvalue weighted by atomic mass is 9.73. The molecule has 0 radical (unpaired) electrons. The molecule has 18 heavy (non-hydrogen) atoms. The molecule has 1 saturated carbocycles. The van der Waals surface area contributed by atoms with Gasteiger partial charge in [0.2, 0.25) is 0 Å². The van der Waals surface area contributed by atoms with E-state index in [2.05, 4.69) is 24.1 Å². The SMILES string of the molecule is CCCNCC1(CN2CCCC2C)CCCCC1. The minimum atomic E-state index is 0.589. The number of rotatable bonds is 6. The molecule has 2 heteroatoms. The van der Waals surface area contributed by atoms with Gasteiger partial charge in [0.05, 0.1) is 0 Å². The second-order valence-electron chi connectivity index (χ2n) is 6.70. The summed E-state index contributed by atoms with van der Waals surface area (Å²) in [5.74, 6) is 0. The van der Waals surface area contributed by atoms with Gasteiger partial charge in [-0.3, -0.25) is 0 Å². The first-order valence-corrected chi connectivity index (χ1v) is 8.20. The normalized spacial score (nSPS) is 28.7. The summed E-state index contributed by atoms with van der Waals surface area (Å²) in [6.45, 7) is 9.83. The topological polar surface area (TPSA) is 15.3 Å².